The van der Waals surface area contributed by atoms with Crippen LogP contribution in [-0.2, 0) is 19.4 Å². The second kappa shape index (κ2) is 6.52. The van der Waals surface area contributed by atoms with Crippen LogP contribution in [0.25, 0.3) is 10.9 Å². The number of rotatable bonds is 3. The van der Waals surface area contributed by atoms with E-state index in [-0.39, 0.29) is 5.91 Å². The molecule has 4 rings (SSSR count). The van der Waals surface area contributed by atoms with E-state index in [9.17, 15) is 4.79 Å². The van der Waals surface area contributed by atoms with Crippen LogP contribution < -0.4 is 5.32 Å². The van der Waals surface area contributed by atoms with Crippen molar-refractivity contribution in [2.45, 2.75) is 39.2 Å². The monoisotopic (exact) mass is 354 g/mol. The van der Waals surface area contributed by atoms with Crippen molar-refractivity contribution in [3.8, 4) is 0 Å². The lowest BCUT2D eigenvalue weighted by molar-refractivity contribution is 0.0948. The Morgan fingerprint density at radius 3 is 2.88 bits per heavy atom. The predicted octanol–water partition coefficient (Wildman–Crippen LogP) is 4.60. The van der Waals surface area contributed by atoms with Crippen molar-refractivity contribution in [2.75, 3.05) is 0 Å². The number of carbonyl (C=O) groups excluding carboxylic acids is 1. The Kier molecular flexibility index (Phi) is 4.22. The van der Waals surface area contributed by atoms with Gasteiger partial charge in [0.1, 0.15) is 11.5 Å². The van der Waals surface area contributed by atoms with Crippen LogP contribution in [0.3, 0.4) is 0 Å². The Hall–Kier alpha value is -2.33. The Balaban J connectivity index is 1.61. The topological polar surface area (TPSA) is 55.1 Å². The van der Waals surface area contributed by atoms with Crippen molar-refractivity contribution in [1.29, 1.82) is 0 Å². The molecule has 1 aliphatic rings. The van der Waals surface area contributed by atoms with E-state index in [1.807, 2.05) is 31.2 Å². The highest BCUT2D eigenvalue weighted by molar-refractivity contribution is 6.36. The zero-order valence-electron chi connectivity index (χ0n) is 14.1. The molecule has 0 atom stereocenters. The largest absolute Gasteiger partial charge is 0.465 e. The quantitative estimate of drug-likeness (QED) is 0.747. The first-order valence-corrected chi connectivity index (χ1v) is 8.94. The van der Waals surface area contributed by atoms with Crippen LogP contribution >= 0.6 is 11.6 Å². The zero-order valence-corrected chi connectivity index (χ0v) is 14.8. The number of hydrogen-bond donors (Lipinski definition) is 1. The van der Waals surface area contributed by atoms with Crippen molar-refractivity contribution >= 4 is 28.4 Å². The van der Waals surface area contributed by atoms with Crippen molar-refractivity contribution in [1.82, 2.24) is 10.3 Å². The van der Waals surface area contributed by atoms with Gasteiger partial charge in [0.05, 0.1) is 17.1 Å². The fourth-order valence-corrected chi connectivity index (χ4v) is 3.72. The van der Waals surface area contributed by atoms with Gasteiger partial charge in [0.15, 0.2) is 0 Å². The van der Waals surface area contributed by atoms with E-state index < -0.39 is 0 Å². The highest BCUT2D eigenvalue weighted by atomic mass is 35.5. The lowest BCUT2D eigenvalue weighted by Crippen LogP contribution is -2.22. The highest BCUT2D eigenvalue weighted by Gasteiger charge is 2.18. The first-order chi connectivity index (χ1) is 12.1. The molecule has 0 radical (unpaired) electrons. The van der Waals surface area contributed by atoms with Crippen LogP contribution in [0.15, 0.2) is 34.7 Å². The average Bonchev–Trinajstić information content (AvgIpc) is 3.05. The SMILES string of the molecule is Cc1ccc(CNC(=O)c2ccc3c(Cl)c4c(nc3c2)CCCC4)o1. The number of carbonyl (C=O) groups is 1. The Morgan fingerprint density at radius 1 is 1.24 bits per heavy atom. The van der Waals surface area contributed by atoms with Gasteiger partial charge in [-0.05, 0) is 62.4 Å². The maximum Gasteiger partial charge on any atom is 0.251 e. The van der Waals surface area contributed by atoms with Gasteiger partial charge < -0.3 is 9.73 Å². The Morgan fingerprint density at radius 2 is 2.08 bits per heavy atom. The average molecular weight is 355 g/mol. The van der Waals surface area contributed by atoms with E-state index in [2.05, 4.69) is 5.32 Å². The molecule has 1 N–H and O–H groups in total. The first-order valence-electron chi connectivity index (χ1n) is 8.56. The molecule has 3 aromatic rings. The van der Waals surface area contributed by atoms with Crippen LogP contribution in [0.5, 0.6) is 0 Å². The van der Waals surface area contributed by atoms with E-state index in [1.54, 1.807) is 6.07 Å². The molecular weight excluding hydrogens is 336 g/mol. The van der Waals surface area contributed by atoms with Crippen molar-refractivity contribution in [3.63, 3.8) is 0 Å². The van der Waals surface area contributed by atoms with Gasteiger partial charge in [0.2, 0.25) is 0 Å². The van der Waals surface area contributed by atoms with Crippen molar-refractivity contribution in [2.24, 2.45) is 0 Å². The first kappa shape index (κ1) is 16.2. The predicted molar refractivity (Wildman–Crippen MR) is 98.0 cm³/mol. The molecule has 0 fully saturated rings. The van der Waals surface area contributed by atoms with E-state index in [0.29, 0.717) is 12.1 Å². The van der Waals surface area contributed by atoms with Gasteiger partial charge in [-0.25, -0.2) is 0 Å². The summed E-state index contributed by atoms with van der Waals surface area (Å²) in [6.07, 6.45) is 4.25. The molecule has 0 bridgehead atoms. The number of nitrogens with zero attached hydrogens (tertiary/aromatic N) is 1. The molecule has 128 valence electrons. The van der Waals surface area contributed by atoms with Crippen LogP contribution in [0.1, 0.15) is 46.0 Å². The van der Waals surface area contributed by atoms with Gasteiger partial charge in [0, 0.05) is 16.6 Å². The summed E-state index contributed by atoms with van der Waals surface area (Å²) in [6.45, 7) is 2.24. The summed E-state index contributed by atoms with van der Waals surface area (Å²) in [7, 11) is 0. The maximum absolute atomic E-state index is 12.4. The van der Waals surface area contributed by atoms with E-state index in [4.69, 9.17) is 21.0 Å². The smallest absolute Gasteiger partial charge is 0.251 e. The van der Waals surface area contributed by atoms with Gasteiger partial charge in [-0.1, -0.05) is 17.7 Å². The van der Waals surface area contributed by atoms with Gasteiger partial charge in [-0.2, -0.15) is 0 Å². The fourth-order valence-electron chi connectivity index (χ4n) is 3.36. The highest BCUT2D eigenvalue weighted by Crippen LogP contribution is 2.33. The second-order valence-corrected chi connectivity index (χ2v) is 6.86. The molecule has 0 spiro atoms. The van der Waals surface area contributed by atoms with Crippen LogP contribution in [0, 0.1) is 6.92 Å². The molecule has 1 amide bonds. The minimum atomic E-state index is -0.147. The summed E-state index contributed by atoms with van der Waals surface area (Å²) < 4.78 is 5.47. The summed E-state index contributed by atoms with van der Waals surface area (Å²) in [5, 5.41) is 4.58. The molecule has 2 heterocycles. The Bertz CT molecular complexity index is 962. The molecule has 0 aliphatic heterocycles. The molecular formula is C20H19ClN2O2. The summed E-state index contributed by atoms with van der Waals surface area (Å²) in [6, 6.07) is 9.26. The third-order valence-electron chi connectivity index (χ3n) is 4.67. The molecule has 0 saturated carbocycles. The van der Waals surface area contributed by atoms with Crippen molar-refractivity contribution < 1.29 is 9.21 Å². The van der Waals surface area contributed by atoms with Gasteiger partial charge in [0.25, 0.3) is 5.91 Å². The minimum absolute atomic E-state index is 0.147. The third-order valence-corrected chi connectivity index (χ3v) is 5.11. The van der Waals surface area contributed by atoms with E-state index >= 15 is 0 Å². The number of aromatic nitrogens is 1. The number of benzene rings is 1. The molecule has 1 aliphatic carbocycles. The zero-order chi connectivity index (χ0) is 17.4. The molecule has 0 unspecified atom stereocenters. The minimum Gasteiger partial charge on any atom is -0.465 e. The number of hydrogen-bond acceptors (Lipinski definition) is 3. The number of halogens is 1. The summed E-state index contributed by atoms with van der Waals surface area (Å²) >= 11 is 6.58. The second-order valence-electron chi connectivity index (χ2n) is 6.49. The molecule has 4 nitrogen and oxygen atoms in total. The molecule has 0 saturated heterocycles. The van der Waals surface area contributed by atoms with Crippen LogP contribution in [0.2, 0.25) is 5.02 Å². The van der Waals surface area contributed by atoms with Crippen LogP contribution in [0.4, 0.5) is 0 Å². The third kappa shape index (κ3) is 3.14. The summed E-state index contributed by atoms with van der Waals surface area (Å²) in [5.74, 6) is 1.42. The van der Waals surface area contributed by atoms with E-state index in [1.165, 1.54) is 5.56 Å². The molecule has 5 heteroatoms. The van der Waals surface area contributed by atoms with Crippen molar-refractivity contribution in [3.05, 3.63) is 63.7 Å². The fraction of sp³-hybridized carbons (Fsp3) is 0.300. The number of pyridine rings is 1. The lowest BCUT2D eigenvalue weighted by atomic mass is 9.94. The summed E-state index contributed by atoms with van der Waals surface area (Å²) in [5.41, 5.74) is 3.61. The molecule has 25 heavy (non-hydrogen) atoms. The normalized spacial score (nSPS) is 13.7. The number of nitrogens with one attached hydrogen (secondary N) is 1. The maximum atomic E-state index is 12.4. The molecule has 2 aromatic heterocycles. The van der Waals surface area contributed by atoms with Gasteiger partial charge in [-0.3, -0.25) is 9.78 Å². The lowest BCUT2D eigenvalue weighted by Gasteiger charge is -2.18. The van der Waals surface area contributed by atoms with E-state index in [0.717, 1.165) is 58.8 Å². The Labute approximate surface area is 151 Å². The van der Waals surface area contributed by atoms with Gasteiger partial charge >= 0.3 is 0 Å². The van der Waals surface area contributed by atoms with Gasteiger partial charge in [-0.15, -0.1) is 0 Å². The number of fused-ring (bicyclic) bond motifs is 2. The summed E-state index contributed by atoms with van der Waals surface area (Å²) in [4.78, 5) is 17.2. The number of aryl methyl sites for hydroxylation is 2. The molecule has 1 aromatic carbocycles. The number of amides is 1. The number of furan rings is 1. The van der Waals surface area contributed by atoms with Crippen LogP contribution in [-0.4, -0.2) is 10.9 Å². The standard InChI is InChI=1S/C20H19ClN2O2/c1-12-6-8-14(25-12)11-22-20(24)13-7-9-16-18(10-13)23-17-5-3-2-4-15(17)19(16)21/h6-10H,2-5,11H2,1H3,(H,22,24).